The van der Waals surface area contributed by atoms with Crippen LogP contribution < -0.4 is 0 Å². The van der Waals surface area contributed by atoms with Crippen LogP contribution in [0.4, 0.5) is 0 Å². The number of benzene rings is 1. The summed E-state index contributed by atoms with van der Waals surface area (Å²) in [5.41, 5.74) is 1.05. The van der Waals surface area contributed by atoms with Crippen LogP contribution in [0.2, 0.25) is 0 Å². The van der Waals surface area contributed by atoms with Gasteiger partial charge in [0.05, 0.1) is 17.6 Å². The Morgan fingerprint density at radius 1 is 1.43 bits per heavy atom. The summed E-state index contributed by atoms with van der Waals surface area (Å²) in [4.78, 5) is 3.89. The summed E-state index contributed by atoms with van der Waals surface area (Å²) >= 11 is 0. The molecule has 2 rings (SSSR count). The van der Waals surface area contributed by atoms with E-state index in [1.165, 1.54) is 6.07 Å². The Bertz CT molecular complexity index is 483. The van der Waals surface area contributed by atoms with Crippen LogP contribution in [0.5, 0.6) is 5.75 Å². The van der Waals surface area contributed by atoms with E-state index in [1.54, 1.807) is 35.4 Å². The normalized spacial score (nSPS) is 9.64. The first-order valence-electron chi connectivity index (χ1n) is 4.02. The topological polar surface area (TPSA) is 61.8 Å². The zero-order chi connectivity index (χ0) is 9.97. The zero-order valence-corrected chi connectivity index (χ0v) is 7.25. The van der Waals surface area contributed by atoms with Crippen molar-refractivity contribution in [2.75, 3.05) is 0 Å². The predicted molar refractivity (Wildman–Crippen MR) is 49.9 cm³/mol. The number of rotatable bonds is 1. The van der Waals surface area contributed by atoms with Gasteiger partial charge in [0.15, 0.2) is 0 Å². The molecule has 1 aromatic heterocycles. The number of aromatic hydroxyl groups is 1. The molecule has 4 heteroatoms. The molecule has 0 saturated heterocycles. The Labute approximate surface area is 80.7 Å². The molecule has 4 nitrogen and oxygen atoms in total. The standard InChI is InChI=1S/C10H7N3O/c11-6-8-1-2-9(5-10(8)14)13-4-3-12-7-13/h1-5,7,14H. The minimum absolute atomic E-state index is 0.0151. The summed E-state index contributed by atoms with van der Waals surface area (Å²) in [5, 5.41) is 18.0. The van der Waals surface area contributed by atoms with E-state index < -0.39 is 0 Å². The van der Waals surface area contributed by atoms with E-state index in [-0.39, 0.29) is 11.3 Å². The van der Waals surface area contributed by atoms with Crippen LogP contribution in [0.3, 0.4) is 0 Å². The summed E-state index contributed by atoms with van der Waals surface area (Å²) in [6.07, 6.45) is 5.04. The molecule has 0 fully saturated rings. The summed E-state index contributed by atoms with van der Waals surface area (Å²) in [7, 11) is 0. The third-order valence-electron chi connectivity index (χ3n) is 1.90. The minimum Gasteiger partial charge on any atom is -0.506 e. The first-order valence-corrected chi connectivity index (χ1v) is 4.02. The predicted octanol–water partition coefficient (Wildman–Crippen LogP) is 1.45. The molecular formula is C10H7N3O. The minimum atomic E-state index is -0.0151. The first-order chi connectivity index (χ1) is 6.81. The van der Waals surface area contributed by atoms with Crippen molar-refractivity contribution in [1.29, 1.82) is 5.26 Å². The number of phenols is 1. The molecule has 0 saturated carbocycles. The molecule has 0 unspecified atom stereocenters. The van der Waals surface area contributed by atoms with Gasteiger partial charge < -0.3 is 9.67 Å². The zero-order valence-electron chi connectivity index (χ0n) is 7.25. The Balaban J connectivity index is 2.49. The molecule has 0 amide bonds. The van der Waals surface area contributed by atoms with Crippen molar-refractivity contribution < 1.29 is 5.11 Å². The number of nitriles is 1. The van der Waals surface area contributed by atoms with E-state index in [0.29, 0.717) is 0 Å². The van der Waals surface area contributed by atoms with Gasteiger partial charge in [-0.3, -0.25) is 0 Å². The van der Waals surface area contributed by atoms with Gasteiger partial charge in [-0.1, -0.05) is 0 Å². The highest BCUT2D eigenvalue weighted by Gasteiger charge is 2.02. The van der Waals surface area contributed by atoms with Gasteiger partial charge in [0, 0.05) is 18.5 Å². The van der Waals surface area contributed by atoms with Gasteiger partial charge in [0.2, 0.25) is 0 Å². The maximum Gasteiger partial charge on any atom is 0.135 e. The van der Waals surface area contributed by atoms with Crippen molar-refractivity contribution in [3.05, 3.63) is 42.5 Å². The van der Waals surface area contributed by atoms with Crippen LogP contribution in [0, 0.1) is 11.3 Å². The van der Waals surface area contributed by atoms with E-state index >= 15 is 0 Å². The monoisotopic (exact) mass is 185 g/mol. The molecule has 1 N–H and O–H groups in total. The quantitative estimate of drug-likeness (QED) is 0.731. The molecule has 0 aliphatic rings. The van der Waals surface area contributed by atoms with Crippen molar-refractivity contribution in [2.24, 2.45) is 0 Å². The largest absolute Gasteiger partial charge is 0.506 e. The van der Waals surface area contributed by atoms with Crippen LogP contribution >= 0.6 is 0 Å². The van der Waals surface area contributed by atoms with Gasteiger partial charge in [0.1, 0.15) is 11.8 Å². The molecule has 0 aliphatic carbocycles. The summed E-state index contributed by atoms with van der Waals surface area (Å²) in [5.74, 6) is -0.0151. The van der Waals surface area contributed by atoms with Crippen LogP contribution in [-0.4, -0.2) is 14.7 Å². The van der Waals surface area contributed by atoms with E-state index in [9.17, 15) is 5.11 Å². The fourth-order valence-corrected chi connectivity index (χ4v) is 1.19. The summed E-state index contributed by atoms with van der Waals surface area (Å²) < 4.78 is 1.75. The summed E-state index contributed by atoms with van der Waals surface area (Å²) in [6.45, 7) is 0. The molecular weight excluding hydrogens is 178 g/mol. The lowest BCUT2D eigenvalue weighted by Crippen LogP contribution is -1.89. The van der Waals surface area contributed by atoms with Crippen LogP contribution in [-0.2, 0) is 0 Å². The molecule has 0 radical (unpaired) electrons. The SMILES string of the molecule is N#Cc1ccc(-n2ccnc2)cc1O. The highest BCUT2D eigenvalue weighted by molar-refractivity contribution is 5.49. The number of aromatic nitrogens is 2. The molecule has 0 spiro atoms. The average molecular weight is 185 g/mol. The third kappa shape index (κ3) is 1.31. The fraction of sp³-hybridized carbons (Fsp3) is 0. The van der Waals surface area contributed by atoms with Gasteiger partial charge in [0.25, 0.3) is 0 Å². The van der Waals surface area contributed by atoms with Crippen molar-refractivity contribution in [2.45, 2.75) is 0 Å². The average Bonchev–Trinajstić information content (AvgIpc) is 2.70. The number of imidazole rings is 1. The highest BCUT2D eigenvalue weighted by atomic mass is 16.3. The number of hydrogen-bond acceptors (Lipinski definition) is 3. The molecule has 1 heterocycles. The Kier molecular flexibility index (Phi) is 1.92. The van der Waals surface area contributed by atoms with Gasteiger partial charge in [-0.15, -0.1) is 0 Å². The Morgan fingerprint density at radius 2 is 2.29 bits per heavy atom. The van der Waals surface area contributed by atoms with Gasteiger partial charge in [-0.05, 0) is 12.1 Å². The van der Waals surface area contributed by atoms with Gasteiger partial charge in [-0.25, -0.2) is 4.98 Å². The number of phenolic OH excluding ortho intramolecular Hbond substituents is 1. The second-order valence-electron chi connectivity index (χ2n) is 2.78. The van der Waals surface area contributed by atoms with Crippen molar-refractivity contribution in [1.82, 2.24) is 9.55 Å². The Hall–Kier alpha value is -2.28. The first kappa shape index (κ1) is 8.32. The lowest BCUT2D eigenvalue weighted by molar-refractivity contribution is 0.473. The molecule has 2 aromatic rings. The van der Waals surface area contributed by atoms with Gasteiger partial charge in [-0.2, -0.15) is 5.26 Å². The summed E-state index contributed by atoms with van der Waals surface area (Å²) in [6, 6.07) is 6.74. The maximum atomic E-state index is 9.43. The molecule has 0 atom stereocenters. The molecule has 68 valence electrons. The fourth-order valence-electron chi connectivity index (χ4n) is 1.19. The van der Waals surface area contributed by atoms with E-state index in [1.807, 2.05) is 6.07 Å². The van der Waals surface area contributed by atoms with E-state index in [4.69, 9.17) is 5.26 Å². The third-order valence-corrected chi connectivity index (χ3v) is 1.90. The van der Waals surface area contributed by atoms with E-state index in [2.05, 4.69) is 4.98 Å². The lowest BCUT2D eigenvalue weighted by Gasteiger charge is -2.02. The van der Waals surface area contributed by atoms with Crippen molar-refractivity contribution >= 4 is 0 Å². The van der Waals surface area contributed by atoms with E-state index in [0.717, 1.165) is 5.69 Å². The van der Waals surface area contributed by atoms with Gasteiger partial charge >= 0.3 is 0 Å². The smallest absolute Gasteiger partial charge is 0.135 e. The molecule has 1 aromatic carbocycles. The second-order valence-corrected chi connectivity index (χ2v) is 2.78. The Morgan fingerprint density at radius 3 is 2.86 bits per heavy atom. The lowest BCUT2D eigenvalue weighted by atomic mass is 10.2. The van der Waals surface area contributed by atoms with Crippen LogP contribution in [0.25, 0.3) is 5.69 Å². The molecule has 14 heavy (non-hydrogen) atoms. The van der Waals surface area contributed by atoms with Crippen LogP contribution in [0.15, 0.2) is 36.9 Å². The van der Waals surface area contributed by atoms with Crippen molar-refractivity contribution in [3.63, 3.8) is 0 Å². The number of hydrogen-bond donors (Lipinski definition) is 1. The molecule has 0 bridgehead atoms. The van der Waals surface area contributed by atoms with Crippen molar-refractivity contribution in [3.8, 4) is 17.5 Å². The second kappa shape index (κ2) is 3.23. The maximum absolute atomic E-state index is 9.43. The number of nitrogens with zero attached hydrogens (tertiary/aromatic N) is 3. The molecule has 0 aliphatic heterocycles. The van der Waals surface area contributed by atoms with Crippen LogP contribution in [0.1, 0.15) is 5.56 Å². The highest BCUT2D eigenvalue weighted by Crippen LogP contribution is 2.19.